The lowest BCUT2D eigenvalue weighted by molar-refractivity contribution is 0.0961. The third-order valence-electron chi connectivity index (χ3n) is 4.35. The van der Waals surface area contributed by atoms with E-state index < -0.39 is 17.3 Å². The highest BCUT2D eigenvalue weighted by Crippen LogP contribution is 2.33. The van der Waals surface area contributed by atoms with E-state index in [-0.39, 0.29) is 17.9 Å². The van der Waals surface area contributed by atoms with Crippen LogP contribution >= 0.6 is 0 Å². The van der Waals surface area contributed by atoms with E-state index in [1.54, 1.807) is 18.2 Å². The number of nitrogens with zero attached hydrogens (tertiary/aromatic N) is 1. The van der Waals surface area contributed by atoms with Gasteiger partial charge >= 0.3 is 0 Å². The SMILES string of the molecule is CNC(=O)c1cc(C(=O)CC2CC2)cn(Cc2ccccc2F)c1=O. The molecule has 1 aromatic carbocycles. The summed E-state index contributed by atoms with van der Waals surface area (Å²) in [6.07, 6.45) is 3.89. The Balaban J connectivity index is 2.02. The van der Waals surface area contributed by atoms with E-state index in [1.165, 1.54) is 29.9 Å². The standard InChI is InChI=1S/C19H19FN2O3/c1-21-18(24)15-9-14(17(23)8-12-6-7-12)11-22(19(15)25)10-13-4-2-3-5-16(13)20/h2-5,9,11-12H,6-8,10H2,1H3,(H,21,24). The van der Waals surface area contributed by atoms with Gasteiger partial charge in [-0.15, -0.1) is 0 Å². The Bertz CT molecular complexity index is 884. The molecule has 1 aromatic heterocycles. The summed E-state index contributed by atoms with van der Waals surface area (Å²) in [7, 11) is 1.42. The zero-order chi connectivity index (χ0) is 18.0. The number of Topliss-reactive ketones (excluding diaryl/α,β-unsaturated/α-hetero) is 1. The number of amides is 1. The smallest absolute Gasteiger partial charge is 0.263 e. The largest absolute Gasteiger partial charge is 0.355 e. The van der Waals surface area contributed by atoms with Crippen LogP contribution in [0.15, 0.2) is 41.3 Å². The summed E-state index contributed by atoms with van der Waals surface area (Å²) in [5.41, 5.74) is -0.0354. The van der Waals surface area contributed by atoms with Crippen molar-refractivity contribution in [3.05, 3.63) is 69.4 Å². The van der Waals surface area contributed by atoms with Gasteiger partial charge in [-0.25, -0.2) is 4.39 Å². The molecule has 0 atom stereocenters. The third kappa shape index (κ3) is 3.84. The van der Waals surface area contributed by atoms with E-state index in [9.17, 15) is 18.8 Å². The lowest BCUT2D eigenvalue weighted by Gasteiger charge is -2.11. The highest BCUT2D eigenvalue weighted by atomic mass is 19.1. The van der Waals surface area contributed by atoms with Gasteiger partial charge in [0.2, 0.25) is 0 Å². The first-order valence-electron chi connectivity index (χ1n) is 8.22. The van der Waals surface area contributed by atoms with Crippen molar-refractivity contribution in [2.45, 2.75) is 25.8 Å². The Morgan fingerprint density at radius 2 is 2.00 bits per heavy atom. The van der Waals surface area contributed by atoms with Gasteiger partial charge in [0.1, 0.15) is 11.4 Å². The molecule has 130 valence electrons. The number of pyridine rings is 1. The second kappa shape index (κ2) is 7.01. The van der Waals surface area contributed by atoms with Crippen LogP contribution < -0.4 is 10.9 Å². The van der Waals surface area contributed by atoms with Crippen molar-refractivity contribution < 1.29 is 14.0 Å². The average Bonchev–Trinajstić information content (AvgIpc) is 3.41. The maximum atomic E-state index is 13.9. The normalized spacial score (nSPS) is 13.5. The Hall–Kier alpha value is -2.76. The van der Waals surface area contributed by atoms with Crippen LogP contribution in [0.2, 0.25) is 0 Å². The van der Waals surface area contributed by atoms with Crippen LogP contribution in [-0.2, 0) is 6.54 Å². The summed E-state index contributed by atoms with van der Waals surface area (Å²) < 4.78 is 15.1. The summed E-state index contributed by atoms with van der Waals surface area (Å²) in [6, 6.07) is 7.45. The molecule has 0 unspecified atom stereocenters. The van der Waals surface area contributed by atoms with Gasteiger partial charge in [0.25, 0.3) is 11.5 Å². The maximum absolute atomic E-state index is 13.9. The van der Waals surface area contributed by atoms with Crippen LogP contribution in [0.25, 0.3) is 0 Å². The molecular weight excluding hydrogens is 323 g/mol. The van der Waals surface area contributed by atoms with Crippen molar-refractivity contribution in [2.24, 2.45) is 5.92 Å². The number of carbonyl (C=O) groups is 2. The van der Waals surface area contributed by atoms with Gasteiger partial charge in [-0.05, 0) is 30.9 Å². The van der Waals surface area contributed by atoms with Gasteiger partial charge in [0.05, 0.1) is 6.54 Å². The molecule has 1 aliphatic carbocycles. The molecule has 0 spiro atoms. The highest BCUT2D eigenvalue weighted by molar-refractivity contribution is 6.00. The number of nitrogens with one attached hydrogen (secondary N) is 1. The first kappa shape index (κ1) is 17.1. The number of halogens is 1. The lowest BCUT2D eigenvalue weighted by atomic mass is 10.0. The second-order valence-electron chi connectivity index (χ2n) is 6.32. The van der Waals surface area contributed by atoms with Crippen LogP contribution in [0.3, 0.4) is 0 Å². The number of rotatable bonds is 6. The van der Waals surface area contributed by atoms with Gasteiger partial charge in [-0.3, -0.25) is 14.4 Å². The molecule has 0 radical (unpaired) electrons. The Labute approximate surface area is 144 Å². The molecule has 3 rings (SSSR count). The van der Waals surface area contributed by atoms with Crippen molar-refractivity contribution in [3.8, 4) is 0 Å². The molecule has 0 aliphatic heterocycles. The van der Waals surface area contributed by atoms with E-state index in [0.717, 1.165) is 12.8 Å². The Morgan fingerprint density at radius 1 is 1.28 bits per heavy atom. The molecule has 1 heterocycles. The van der Waals surface area contributed by atoms with E-state index >= 15 is 0 Å². The molecule has 1 saturated carbocycles. The minimum atomic E-state index is -0.562. The monoisotopic (exact) mass is 342 g/mol. The van der Waals surface area contributed by atoms with Crippen LogP contribution in [0, 0.1) is 11.7 Å². The summed E-state index contributed by atoms with van der Waals surface area (Å²) in [4.78, 5) is 37.0. The van der Waals surface area contributed by atoms with Crippen molar-refractivity contribution in [2.75, 3.05) is 7.05 Å². The van der Waals surface area contributed by atoms with Crippen LogP contribution in [0.5, 0.6) is 0 Å². The molecule has 5 nitrogen and oxygen atoms in total. The van der Waals surface area contributed by atoms with Gasteiger partial charge in [0, 0.05) is 30.8 Å². The summed E-state index contributed by atoms with van der Waals surface area (Å²) in [5, 5.41) is 2.41. The molecule has 6 heteroatoms. The molecule has 25 heavy (non-hydrogen) atoms. The van der Waals surface area contributed by atoms with E-state index in [4.69, 9.17) is 0 Å². The van der Waals surface area contributed by atoms with E-state index in [0.29, 0.717) is 23.5 Å². The lowest BCUT2D eigenvalue weighted by Crippen LogP contribution is -2.32. The number of aromatic nitrogens is 1. The molecule has 1 N–H and O–H groups in total. The molecular formula is C19H19FN2O3. The Kier molecular flexibility index (Phi) is 4.79. The zero-order valence-corrected chi connectivity index (χ0v) is 13.9. The average molecular weight is 342 g/mol. The fourth-order valence-electron chi connectivity index (χ4n) is 2.72. The maximum Gasteiger partial charge on any atom is 0.263 e. The predicted octanol–water partition coefficient (Wildman–Crippen LogP) is 2.38. The molecule has 2 aromatic rings. The number of ketones is 1. The molecule has 1 fully saturated rings. The quantitative estimate of drug-likeness (QED) is 0.820. The van der Waals surface area contributed by atoms with Crippen molar-refractivity contribution in [1.29, 1.82) is 0 Å². The number of carbonyl (C=O) groups excluding carboxylic acids is 2. The molecule has 1 aliphatic rings. The van der Waals surface area contributed by atoms with E-state index in [2.05, 4.69) is 5.32 Å². The molecule has 0 saturated heterocycles. The highest BCUT2D eigenvalue weighted by Gasteiger charge is 2.26. The van der Waals surface area contributed by atoms with Crippen LogP contribution in [-0.4, -0.2) is 23.3 Å². The van der Waals surface area contributed by atoms with Crippen LogP contribution in [0.4, 0.5) is 4.39 Å². The summed E-state index contributed by atoms with van der Waals surface area (Å²) >= 11 is 0. The first-order chi connectivity index (χ1) is 12.0. The second-order valence-corrected chi connectivity index (χ2v) is 6.32. The predicted molar refractivity (Wildman–Crippen MR) is 91.3 cm³/mol. The molecule has 1 amide bonds. The van der Waals surface area contributed by atoms with Crippen LogP contribution in [0.1, 0.15) is 45.5 Å². The first-order valence-corrected chi connectivity index (χ1v) is 8.22. The molecule has 0 bridgehead atoms. The number of benzene rings is 1. The van der Waals surface area contributed by atoms with Gasteiger partial charge in [-0.2, -0.15) is 0 Å². The minimum absolute atomic E-state index is 0.0416. The summed E-state index contributed by atoms with van der Waals surface area (Å²) in [6.45, 7) is -0.0416. The topological polar surface area (TPSA) is 68.2 Å². The van der Waals surface area contributed by atoms with Crippen molar-refractivity contribution in [1.82, 2.24) is 9.88 Å². The van der Waals surface area contributed by atoms with E-state index in [1.807, 2.05) is 0 Å². The number of hydrogen-bond donors (Lipinski definition) is 1. The van der Waals surface area contributed by atoms with Gasteiger partial charge in [0.15, 0.2) is 5.78 Å². The van der Waals surface area contributed by atoms with Crippen molar-refractivity contribution >= 4 is 11.7 Å². The number of hydrogen-bond acceptors (Lipinski definition) is 3. The zero-order valence-electron chi connectivity index (χ0n) is 13.9. The summed E-state index contributed by atoms with van der Waals surface area (Å²) in [5.74, 6) is -0.711. The van der Waals surface area contributed by atoms with Gasteiger partial charge < -0.3 is 9.88 Å². The Morgan fingerprint density at radius 3 is 2.64 bits per heavy atom. The van der Waals surface area contributed by atoms with Gasteiger partial charge in [-0.1, -0.05) is 18.2 Å². The fourth-order valence-corrected chi connectivity index (χ4v) is 2.72. The van der Waals surface area contributed by atoms with Crippen molar-refractivity contribution in [3.63, 3.8) is 0 Å². The minimum Gasteiger partial charge on any atom is -0.355 e. The third-order valence-corrected chi connectivity index (χ3v) is 4.35. The fraction of sp³-hybridized carbons (Fsp3) is 0.316.